The van der Waals surface area contributed by atoms with Gasteiger partial charge in [0, 0.05) is 5.56 Å². The summed E-state index contributed by atoms with van der Waals surface area (Å²) < 4.78 is 32.6. The van der Waals surface area contributed by atoms with Crippen LogP contribution in [-0.4, -0.2) is 19.3 Å². The van der Waals surface area contributed by atoms with Crippen molar-refractivity contribution in [2.45, 2.75) is 32.9 Å². The van der Waals surface area contributed by atoms with Gasteiger partial charge in [-0.3, -0.25) is 0 Å². The van der Waals surface area contributed by atoms with Gasteiger partial charge >= 0.3 is 0 Å². The molecule has 0 radical (unpaired) electrons. The van der Waals surface area contributed by atoms with Crippen LogP contribution < -0.4 is 5.32 Å². The quantitative estimate of drug-likeness (QED) is 0.801. The number of nitrogens with one attached hydrogen (secondary N) is 1. The second-order valence-electron chi connectivity index (χ2n) is 4.28. The third kappa shape index (κ3) is 4.19. The number of likely N-dealkylation sites (N-methyl/N-ethyl adjacent to an activating group) is 1. The molecule has 0 amide bonds. The predicted molar refractivity (Wildman–Crippen MR) is 68.9 cm³/mol. The average molecular weight is 278 g/mol. The van der Waals surface area contributed by atoms with E-state index in [-0.39, 0.29) is 29.3 Å². The minimum atomic E-state index is -0.625. The SMILES string of the molecule is CCNC(COC(C)C)c1cc(F)c(Cl)cc1F. The fourth-order valence-electron chi connectivity index (χ4n) is 1.60. The topological polar surface area (TPSA) is 21.3 Å². The second-order valence-corrected chi connectivity index (χ2v) is 4.69. The Hall–Kier alpha value is -0.710. The smallest absolute Gasteiger partial charge is 0.142 e. The molecule has 2 nitrogen and oxygen atoms in total. The molecule has 1 rings (SSSR count). The van der Waals surface area contributed by atoms with Crippen LogP contribution >= 0.6 is 11.6 Å². The first-order valence-electron chi connectivity index (χ1n) is 5.95. The highest BCUT2D eigenvalue weighted by Gasteiger charge is 2.18. The highest BCUT2D eigenvalue weighted by molar-refractivity contribution is 6.30. The highest BCUT2D eigenvalue weighted by Crippen LogP contribution is 2.24. The monoisotopic (exact) mass is 277 g/mol. The molecular formula is C13H18ClF2NO. The number of benzene rings is 1. The zero-order chi connectivity index (χ0) is 13.7. The van der Waals surface area contributed by atoms with E-state index >= 15 is 0 Å². The number of hydrogen-bond acceptors (Lipinski definition) is 2. The van der Waals surface area contributed by atoms with E-state index < -0.39 is 11.6 Å². The molecule has 0 aromatic heterocycles. The molecule has 0 fully saturated rings. The van der Waals surface area contributed by atoms with Gasteiger partial charge in [-0.25, -0.2) is 8.78 Å². The summed E-state index contributed by atoms with van der Waals surface area (Å²) in [7, 11) is 0. The van der Waals surface area contributed by atoms with Crippen LogP contribution in [0.4, 0.5) is 8.78 Å². The van der Waals surface area contributed by atoms with Crippen LogP contribution in [0.2, 0.25) is 5.02 Å². The number of halogens is 3. The first-order chi connectivity index (χ1) is 8.45. The van der Waals surface area contributed by atoms with Crippen LogP contribution in [0.1, 0.15) is 32.4 Å². The Morgan fingerprint density at radius 1 is 1.28 bits per heavy atom. The largest absolute Gasteiger partial charge is 0.377 e. The van der Waals surface area contributed by atoms with Gasteiger partial charge < -0.3 is 10.1 Å². The summed E-state index contributed by atoms with van der Waals surface area (Å²) in [5.74, 6) is -1.15. The lowest BCUT2D eigenvalue weighted by atomic mass is 10.1. The van der Waals surface area contributed by atoms with E-state index in [4.69, 9.17) is 16.3 Å². The van der Waals surface area contributed by atoms with Crippen LogP contribution in [0.5, 0.6) is 0 Å². The average Bonchev–Trinajstić information content (AvgIpc) is 2.29. The highest BCUT2D eigenvalue weighted by atomic mass is 35.5. The molecule has 1 unspecified atom stereocenters. The molecule has 0 saturated carbocycles. The molecule has 1 N–H and O–H groups in total. The van der Waals surface area contributed by atoms with Crippen molar-refractivity contribution in [3.63, 3.8) is 0 Å². The molecule has 102 valence electrons. The fraction of sp³-hybridized carbons (Fsp3) is 0.538. The van der Waals surface area contributed by atoms with Crippen molar-refractivity contribution in [1.29, 1.82) is 0 Å². The number of hydrogen-bond donors (Lipinski definition) is 1. The van der Waals surface area contributed by atoms with Crippen molar-refractivity contribution in [1.82, 2.24) is 5.32 Å². The van der Waals surface area contributed by atoms with Gasteiger partial charge in [0.2, 0.25) is 0 Å². The molecule has 0 heterocycles. The Balaban J connectivity index is 2.94. The Morgan fingerprint density at radius 3 is 2.50 bits per heavy atom. The molecule has 0 saturated heterocycles. The van der Waals surface area contributed by atoms with Crippen LogP contribution in [0.3, 0.4) is 0 Å². The zero-order valence-corrected chi connectivity index (χ0v) is 11.5. The van der Waals surface area contributed by atoms with Gasteiger partial charge in [-0.1, -0.05) is 18.5 Å². The summed E-state index contributed by atoms with van der Waals surface area (Å²) in [6, 6.07) is 1.73. The van der Waals surface area contributed by atoms with Gasteiger partial charge in [-0.15, -0.1) is 0 Å². The summed E-state index contributed by atoms with van der Waals surface area (Å²) in [5, 5.41) is 2.86. The normalized spacial score (nSPS) is 13.1. The maximum absolute atomic E-state index is 13.8. The van der Waals surface area contributed by atoms with E-state index in [9.17, 15) is 8.78 Å². The van der Waals surface area contributed by atoms with Gasteiger partial charge in [-0.05, 0) is 32.5 Å². The fourth-order valence-corrected chi connectivity index (χ4v) is 1.75. The third-order valence-corrected chi connectivity index (χ3v) is 2.75. The van der Waals surface area contributed by atoms with E-state index in [1.54, 1.807) is 0 Å². The summed E-state index contributed by atoms with van der Waals surface area (Å²) in [6.45, 7) is 6.59. The van der Waals surface area contributed by atoms with E-state index in [1.165, 1.54) is 0 Å². The Bertz CT molecular complexity index is 399. The minimum Gasteiger partial charge on any atom is -0.377 e. The number of ether oxygens (including phenoxy) is 1. The van der Waals surface area contributed by atoms with Gasteiger partial charge in [0.15, 0.2) is 0 Å². The third-order valence-electron chi connectivity index (χ3n) is 2.46. The molecule has 0 aliphatic carbocycles. The van der Waals surface area contributed by atoms with E-state index in [0.717, 1.165) is 12.1 Å². The molecule has 1 aromatic rings. The number of rotatable bonds is 6. The molecule has 18 heavy (non-hydrogen) atoms. The predicted octanol–water partition coefficient (Wildman–Crippen LogP) is 3.69. The minimum absolute atomic E-state index is 0.0337. The summed E-state index contributed by atoms with van der Waals surface area (Å²) in [6.07, 6.45) is 0.0337. The first-order valence-corrected chi connectivity index (χ1v) is 6.32. The van der Waals surface area contributed by atoms with Crippen molar-refractivity contribution >= 4 is 11.6 Å². The maximum atomic E-state index is 13.8. The zero-order valence-electron chi connectivity index (χ0n) is 10.8. The lowest BCUT2D eigenvalue weighted by Crippen LogP contribution is -2.27. The summed E-state index contributed by atoms with van der Waals surface area (Å²) >= 11 is 5.53. The van der Waals surface area contributed by atoms with Crippen molar-refractivity contribution in [2.75, 3.05) is 13.2 Å². The second kappa shape index (κ2) is 7.02. The van der Waals surface area contributed by atoms with Gasteiger partial charge in [0.1, 0.15) is 11.6 Å². The van der Waals surface area contributed by atoms with Crippen molar-refractivity contribution in [2.24, 2.45) is 0 Å². The Kier molecular flexibility index (Phi) is 5.99. The van der Waals surface area contributed by atoms with Crippen LogP contribution in [0, 0.1) is 11.6 Å². The molecule has 0 spiro atoms. The van der Waals surface area contributed by atoms with Crippen molar-refractivity contribution in [3.8, 4) is 0 Å². The molecule has 1 aromatic carbocycles. The van der Waals surface area contributed by atoms with Gasteiger partial charge in [0.05, 0.1) is 23.8 Å². The molecule has 5 heteroatoms. The van der Waals surface area contributed by atoms with Crippen LogP contribution in [0.25, 0.3) is 0 Å². The lowest BCUT2D eigenvalue weighted by Gasteiger charge is -2.20. The standard InChI is InChI=1S/C13H18ClF2NO/c1-4-17-13(7-18-8(2)3)9-5-12(16)10(14)6-11(9)15/h5-6,8,13,17H,4,7H2,1-3H3. The van der Waals surface area contributed by atoms with Crippen LogP contribution in [-0.2, 0) is 4.74 Å². The molecular weight excluding hydrogens is 260 g/mol. The Morgan fingerprint density at radius 2 is 1.94 bits per heavy atom. The van der Waals surface area contributed by atoms with Gasteiger partial charge in [-0.2, -0.15) is 0 Å². The van der Waals surface area contributed by atoms with Crippen LogP contribution in [0.15, 0.2) is 12.1 Å². The van der Waals surface area contributed by atoms with Crippen molar-refractivity contribution < 1.29 is 13.5 Å². The van der Waals surface area contributed by atoms with E-state index in [2.05, 4.69) is 5.32 Å². The Labute approximate surface area is 111 Å². The van der Waals surface area contributed by atoms with E-state index in [1.807, 2.05) is 20.8 Å². The molecule has 0 aliphatic heterocycles. The maximum Gasteiger partial charge on any atom is 0.142 e. The van der Waals surface area contributed by atoms with E-state index in [0.29, 0.717) is 6.54 Å². The van der Waals surface area contributed by atoms with Gasteiger partial charge in [0.25, 0.3) is 0 Å². The molecule has 0 aliphatic rings. The molecule has 0 bridgehead atoms. The molecule has 1 atom stereocenters. The summed E-state index contributed by atoms with van der Waals surface area (Å²) in [4.78, 5) is 0. The summed E-state index contributed by atoms with van der Waals surface area (Å²) in [5.41, 5.74) is 0.236. The van der Waals surface area contributed by atoms with Crippen molar-refractivity contribution in [3.05, 3.63) is 34.4 Å². The first kappa shape index (κ1) is 15.3. The lowest BCUT2D eigenvalue weighted by molar-refractivity contribution is 0.0607.